The number of rotatable bonds is 2. The highest BCUT2D eigenvalue weighted by Crippen LogP contribution is 2.27. The quantitative estimate of drug-likeness (QED) is 0.748. The average Bonchev–Trinajstić information content (AvgIpc) is 2.63. The van der Waals surface area contributed by atoms with Crippen molar-refractivity contribution in [3.05, 3.63) is 26.3 Å². The van der Waals surface area contributed by atoms with E-state index in [1.165, 1.54) is 6.20 Å². The van der Waals surface area contributed by atoms with Crippen LogP contribution in [0.3, 0.4) is 0 Å². The van der Waals surface area contributed by atoms with Crippen LogP contribution in [-0.4, -0.2) is 26.9 Å². The number of aromatic nitrogens is 3. The number of halogens is 3. The normalized spacial score (nSPS) is 10.8. The Kier molecular flexibility index (Phi) is 3.70. The van der Waals surface area contributed by atoms with Crippen LogP contribution in [-0.2, 0) is 4.74 Å². The Morgan fingerprint density at radius 3 is 2.88 bits per heavy atom. The standard InChI is InChI=1S/C9H6Br2ClN3O2/c1-2-17-9(16)5-7(11)15-4(12)3-13-6(10)8(15)14-5/h3H,2H2,1H3. The lowest BCUT2D eigenvalue weighted by atomic mass is 10.5. The Hall–Kier alpha value is -0.660. The van der Waals surface area contributed by atoms with E-state index in [2.05, 4.69) is 41.8 Å². The van der Waals surface area contributed by atoms with Gasteiger partial charge < -0.3 is 4.74 Å². The molecule has 8 heteroatoms. The number of fused-ring (bicyclic) bond motifs is 1. The molecule has 0 radical (unpaired) electrons. The Labute approximate surface area is 118 Å². The van der Waals surface area contributed by atoms with Crippen molar-refractivity contribution in [2.24, 2.45) is 0 Å². The summed E-state index contributed by atoms with van der Waals surface area (Å²) in [6.07, 6.45) is 1.46. The minimum absolute atomic E-state index is 0.169. The molecular formula is C9H6Br2ClN3O2. The second kappa shape index (κ2) is 4.91. The molecule has 0 unspecified atom stereocenters. The van der Waals surface area contributed by atoms with Crippen LogP contribution in [0, 0.1) is 0 Å². The Morgan fingerprint density at radius 2 is 2.29 bits per heavy atom. The van der Waals surface area contributed by atoms with E-state index in [1.807, 2.05) is 0 Å². The Balaban J connectivity index is 2.68. The van der Waals surface area contributed by atoms with Crippen molar-refractivity contribution in [2.45, 2.75) is 6.92 Å². The van der Waals surface area contributed by atoms with Crippen LogP contribution in [0.15, 0.2) is 15.4 Å². The smallest absolute Gasteiger partial charge is 0.359 e. The monoisotopic (exact) mass is 381 g/mol. The summed E-state index contributed by atoms with van der Waals surface area (Å²) in [4.78, 5) is 19.8. The van der Waals surface area contributed by atoms with Gasteiger partial charge in [0, 0.05) is 0 Å². The fourth-order valence-corrected chi connectivity index (χ4v) is 2.58. The van der Waals surface area contributed by atoms with Crippen LogP contribution in [0.2, 0.25) is 5.15 Å². The maximum Gasteiger partial charge on any atom is 0.359 e. The number of carbonyl (C=O) groups excluding carboxylic acids is 1. The summed E-state index contributed by atoms with van der Waals surface area (Å²) in [6, 6.07) is 0. The van der Waals surface area contributed by atoms with Gasteiger partial charge in [-0.2, -0.15) is 0 Å². The van der Waals surface area contributed by atoms with Gasteiger partial charge in [0.25, 0.3) is 0 Å². The number of hydrogen-bond donors (Lipinski definition) is 0. The van der Waals surface area contributed by atoms with Crippen LogP contribution < -0.4 is 0 Å². The fraction of sp³-hybridized carbons (Fsp3) is 0.222. The molecule has 2 aromatic rings. The lowest BCUT2D eigenvalue weighted by molar-refractivity contribution is 0.0519. The Bertz CT molecular complexity index is 599. The van der Waals surface area contributed by atoms with E-state index in [0.717, 1.165) is 0 Å². The molecule has 0 atom stereocenters. The third kappa shape index (κ3) is 2.19. The molecule has 5 nitrogen and oxygen atoms in total. The van der Waals surface area contributed by atoms with Crippen molar-refractivity contribution >= 4 is 55.1 Å². The maximum atomic E-state index is 11.7. The predicted octanol–water partition coefficient (Wildman–Crippen LogP) is 3.08. The van der Waals surface area contributed by atoms with Gasteiger partial charge in [-0.3, -0.25) is 4.40 Å². The number of imidazole rings is 1. The lowest BCUT2D eigenvalue weighted by Gasteiger charge is -2.00. The van der Waals surface area contributed by atoms with Gasteiger partial charge in [0.1, 0.15) is 14.4 Å². The summed E-state index contributed by atoms with van der Waals surface area (Å²) in [5.41, 5.74) is 0.620. The minimum atomic E-state index is -0.508. The molecule has 90 valence electrons. The maximum absolute atomic E-state index is 11.7. The molecule has 17 heavy (non-hydrogen) atoms. The molecule has 0 aliphatic carbocycles. The molecule has 2 rings (SSSR count). The van der Waals surface area contributed by atoms with E-state index in [0.29, 0.717) is 20.0 Å². The first-order valence-electron chi connectivity index (χ1n) is 4.61. The number of carbonyl (C=O) groups is 1. The average molecular weight is 383 g/mol. The molecule has 0 aliphatic rings. The highest BCUT2D eigenvalue weighted by atomic mass is 79.9. The lowest BCUT2D eigenvalue weighted by Crippen LogP contribution is -2.05. The zero-order chi connectivity index (χ0) is 12.6. The summed E-state index contributed by atoms with van der Waals surface area (Å²) in [5.74, 6) is -0.508. The van der Waals surface area contributed by atoms with Gasteiger partial charge in [0.2, 0.25) is 0 Å². The van der Waals surface area contributed by atoms with Gasteiger partial charge in [0.15, 0.2) is 11.3 Å². The van der Waals surface area contributed by atoms with Crippen molar-refractivity contribution < 1.29 is 9.53 Å². The largest absolute Gasteiger partial charge is 0.461 e. The van der Waals surface area contributed by atoms with E-state index < -0.39 is 5.97 Å². The van der Waals surface area contributed by atoms with E-state index in [-0.39, 0.29) is 12.3 Å². The molecule has 0 aliphatic heterocycles. The molecule has 2 aromatic heterocycles. The van der Waals surface area contributed by atoms with Gasteiger partial charge in [0.05, 0.1) is 12.8 Å². The predicted molar refractivity (Wildman–Crippen MR) is 69.4 cm³/mol. The van der Waals surface area contributed by atoms with E-state index in [4.69, 9.17) is 16.3 Å². The number of ether oxygens (including phenoxy) is 1. The van der Waals surface area contributed by atoms with Crippen LogP contribution in [0.4, 0.5) is 0 Å². The molecule has 0 aromatic carbocycles. The van der Waals surface area contributed by atoms with Crippen molar-refractivity contribution in [1.82, 2.24) is 14.4 Å². The van der Waals surface area contributed by atoms with Gasteiger partial charge >= 0.3 is 5.97 Å². The Morgan fingerprint density at radius 1 is 1.59 bits per heavy atom. The second-order valence-corrected chi connectivity index (χ2v) is 4.89. The minimum Gasteiger partial charge on any atom is -0.461 e. The van der Waals surface area contributed by atoms with Crippen LogP contribution in [0.5, 0.6) is 0 Å². The number of nitrogens with zero attached hydrogens (tertiary/aromatic N) is 3. The molecule has 0 saturated carbocycles. The van der Waals surface area contributed by atoms with E-state index >= 15 is 0 Å². The highest BCUT2D eigenvalue weighted by Gasteiger charge is 2.21. The molecule has 0 fully saturated rings. The summed E-state index contributed by atoms with van der Waals surface area (Å²) >= 11 is 12.5. The zero-order valence-electron chi connectivity index (χ0n) is 8.58. The van der Waals surface area contributed by atoms with Crippen molar-refractivity contribution in [1.29, 1.82) is 0 Å². The molecule has 0 bridgehead atoms. The van der Waals surface area contributed by atoms with Crippen LogP contribution in [0.1, 0.15) is 17.4 Å². The van der Waals surface area contributed by atoms with E-state index in [1.54, 1.807) is 11.3 Å². The second-order valence-electron chi connectivity index (χ2n) is 3.00. The molecule has 0 saturated heterocycles. The first-order chi connectivity index (χ1) is 8.06. The fourth-order valence-electron chi connectivity index (χ4n) is 1.29. The summed E-state index contributed by atoms with van der Waals surface area (Å²) in [6.45, 7) is 2.01. The third-order valence-electron chi connectivity index (χ3n) is 1.97. The molecule has 2 heterocycles. The molecular weight excluding hydrogens is 377 g/mol. The summed E-state index contributed by atoms with van der Waals surface area (Å²) < 4.78 is 7.40. The van der Waals surface area contributed by atoms with Crippen LogP contribution >= 0.6 is 43.5 Å². The van der Waals surface area contributed by atoms with Crippen molar-refractivity contribution in [3.8, 4) is 0 Å². The zero-order valence-corrected chi connectivity index (χ0v) is 12.5. The SMILES string of the molecule is CCOC(=O)c1nc2c(Br)ncc(Cl)n2c1Br. The summed E-state index contributed by atoms with van der Waals surface area (Å²) in [7, 11) is 0. The molecule has 0 N–H and O–H groups in total. The highest BCUT2D eigenvalue weighted by molar-refractivity contribution is 9.11. The first-order valence-corrected chi connectivity index (χ1v) is 6.57. The summed E-state index contributed by atoms with van der Waals surface area (Å²) in [5, 5.41) is 0.345. The van der Waals surface area contributed by atoms with Crippen molar-refractivity contribution in [3.63, 3.8) is 0 Å². The first kappa shape index (κ1) is 12.8. The van der Waals surface area contributed by atoms with Gasteiger partial charge in [-0.25, -0.2) is 14.8 Å². The third-order valence-corrected chi connectivity index (χ3v) is 3.53. The van der Waals surface area contributed by atoms with E-state index in [9.17, 15) is 4.79 Å². The molecule has 0 spiro atoms. The van der Waals surface area contributed by atoms with Gasteiger partial charge in [-0.05, 0) is 38.8 Å². The van der Waals surface area contributed by atoms with Crippen molar-refractivity contribution in [2.75, 3.05) is 6.61 Å². The topological polar surface area (TPSA) is 56.5 Å². The number of hydrogen-bond acceptors (Lipinski definition) is 4. The molecule has 0 amide bonds. The van der Waals surface area contributed by atoms with Gasteiger partial charge in [-0.1, -0.05) is 11.6 Å². The van der Waals surface area contributed by atoms with Gasteiger partial charge in [-0.15, -0.1) is 0 Å². The van der Waals surface area contributed by atoms with Crippen LogP contribution in [0.25, 0.3) is 5.65 Å². The number of esters is 1.